The fourth-order valence-electron chi connectivity index (χ4n) is 5.86. The van der Waals surface area contributed by atoms with E-state index >= 15 is 0 Å². The Balaban J connectivity index is 1.26. The van der Waals surface area contributed by atoms with Gasteiger partial charge in [0.1, 0.15) is 0 Å². The molecule has 8 nitrogen and oxygen atoms in total. The molecule has 186 valence electrons. The third kappa shape index (κ3) is 5.11. The van der Waals surface area contributed by atoms with Gasteiger partial charge in [-0.2, -0.15) is 5.10 Å². The van der Waals surface area contributed by atoms with Crippen molar-refractivity contribution in [1.29, 1.82) is 0 Å². The van der Waals surface area contributed by atoms with Gasteiger partial charge in [-0.1, -0.05) is 31.0 Å². The number of aryl methyl sites for hydroxylation is 1. The van der Waals surface area contributed by atoms with Gasteiger partial charge in [0.25, 0.3) is 5.91 Å². The number of fused-ring (bicyclic) bond motifs is 1. The minimum absolute atomic E-state index is 0.0552. The van der Waals surface area contributed by atoms with Gasteiger partial charge in [-0.15, -0.1) is 0 Å². The number of anilines is 1. The summed E-state index contributed by atoms with van der Waals surface area (Å²) in [4.78, 5) is 43.1. The zero-order valence-corrected chi connectivity index (χ0v) is 20.5. The monoisotopic (exact) mass is 477 g/mol. The minimum atomic E-state index is -0.253. The van der Waals surface area contributed by atoms with Gasteiger partial charge in [-0.3, -0.25) is 19.1 Å². The lowest BCUT2D eigenvalue weighted by atomic mass is 9.96. The fourth-order valence-corrected chi connectivity index (χ4v) is 5.86. The van der Waals surface area contributed by atoms with E-state index in [0.717, 1.165) is 42.6 Å². The molecule has 2 aliphatic heterocycles. The largest absolute Gasteiger partial charge is 0.338 e. The van der Waals surface area contributed by atoms with E-state index in [1.165, 1.54) is 12.8 Å². The lowest BCUT2D eigenvalue weighted by Gasteiger charge is -2.32. The Kier molecular flexibility index (Phi) is 6.88. The van der Waals surface area contributed by atoms with E-state index in [2.05, 4.69) is 10.4 Å². The zero-order valence-electron chi connectivity index (χ0n) is 20.5. The van der Waals surface area contributed by atoms with Gasteiger partial charge in [0.2, 0.25) is 11.8 Å². The molecule has 1 N–H and O–H groups in total. The summed E-state index contributed by atoms with van der Waals surface area (Å²) in [5, 5.41) is 7.56. The Morgan fingerprint density at radius 2 is 1.77 bits per heavy atom. The number of hydrogen-bond acceptors (Lipinski definition) is 4. The molecule has 1 unspecified atom stereocenters. The molecule has 2 fully saturated rings. The molecule has 1 atom stereocenters. The first-order chi connectivity index (χ1) is 17.0. The molecule has 5 rings (SSSR count). The molecule has 1 aliphatic carbocycles. The van der Waals surface area contributed by atoms with Crippen molar-refractivity contribution in [3.05, 3.63) is 47.3 Å². The van der Waals surface area contributed by atoms with Crippen molar-refractivity contribution < 1.29 is 14.4 Å². The zero-order chi connectivity index (χ0) is 24.4. The van der Waals surface area contributed by atoms with Crippen molar-refractivity contribution in [3.63, 3.8) is 0 Å². The van der Waals surface area contributed by atoms with Crippen LogP contribution in [-0.4, -0.2) is 56.9 Å². The number of piperidine rings is 1. The van der Waals surface area contributed by atoms with Crippen LogP contribution in [-0.2, 0) is 29.6 Å². The number of hydrogen-bond donors (Lipinski definition) is 1. The fraction of sp³-hybridized carbons (Fsp3) is 0.556. The van der Waals surface area contributed by atoms with Crippen LogP contribution in [0, 0.1) is 11.8 Å². The number of nitrogens with one attached hydrogen (secondary N) is 1. The molecule has 0 spiro atoms. The van der Waals surface area contributed by atoms with Crippen molar-refractivity contribution in [1.82, 2.24) is 19.6 Å². The molecule has 1 saturated carbocycles. The molecule has 1 aromatic carbocycles. The summed E-state index contributed by atoms with van der Waals surface area (Å²) in [5.74, 6) is 0.258. The number of likely N-dealkylation sites (tertiary alicyclic amines) is 1. The van der Waals surface area contributed by atoms with E-state index in [-0.39, 0.29) is 23.6 Å². The maximum absolute atomic E-state index is 13.6. The molecular formula is C27H35N5O3. The molecule has 3 amide bonds. The maximum atomic E-state index is 13.6. The van der Waals surface area contributed by atoms with Gasteiger partial charge in [-0.25, -0.2) is 0 Å². The summed E-state index contributed by atoms with van der Waals surface area (Å²) in [5.41, 5.74) is 3.11. The molecular weight excluding hydrogens is 442 g/mol. The van der Waals surface area contributed by atoms with E-state index in [1.807, 2.05) is 42.3 Å². The van der Waals surface area contributed by atoms with Crippen molar-refractivity contribution in [3.8, 4) is 0 Å². The average molecular weight is 478 g/mol. The summed E-state index contributed by atoms with van der Waals surface area (Å²) in [6.45, 7) is 2.12. The standard InChI is InChI=1S/C27H35N5O3/c1-30-23-13-15-31(24(33)16-19-8-5-6-9-19)18-22(23)25(29-30)27(35)32-14-7-10-20(17-32)26(34)28-21-11-3-2-4-12-21/h2-4,11-12,19-20H,5-10,13-18H2,1H3,(H,28,34). The number of nitrogens with zero attached hydrogens (tertiary/aromatic N) is 4. The van der Waals surface area contributed by atoms with Crippen LogP contribution in [0.3, 0.4) is 0 Å². The second kappa shape index (κ2) is 10.2. The highest BCUT2D eigenvalue weighted by molar-refractivity contribution is 5.96. The van der Waals surface area contributed by atoms with Gasteiger partial charge in [0.05, 0.1) is 5.92 Å². The topological polar surface area (TPSA) is 87.5 Å². The molecule has 3 heterocycles. The minimum Gasteiger partial charge on any atom is -0.338 e. The average Bonchev–Trinajstić information content (AvgIpc) is 3.51. The lowest BCUT2D eigenvalue weighted by Crippen LogP contribution is -2.44. The number of carbonyl (C=O) groups is 3. The highest BCUT2D eigenvalue weighted by Crippen LogP contribution is 2.30. The Labute approximate surface area is 206 Å². The Bertz CT molecular complexity index is 1090. The highest BCUT2D eigenvalue weighted by atomic mass is 16.2. The lowest BCUT2D eigenvalue weighted by molar-refractivity contribution is -0.133. The summed E-state index contributed by atoms with van der Waals surface area (Å²) >= 11 is 0. The Morgan fingerprint density at radius 1 is 1.00 bits per heavy atom. The van der Waals surface area contributed by atoms with Crippen molar-refractivity contribution in [2.75, 3.05) is 25.0 Å². The number of para-hydroxylation sites is 1. The molecule has 0 bridgehead atoms. The van der Waals surface area contributed by atoms with Crippen LogP contribution < -0.4 is 5.32 Å². The van der Waals surface area contributed by atoms with Gasteiger partial charge in [0, 0.05) is 63.0 Å². The van der Waals surface area contributed by atoms with Crippen LogP contribution in [0.25, 0.3) is 0 Å². The second-order valence-corrected chi connectivity index (χ2v) is 10.3. The van der Waals surface area contributed by atoms with Crippen LogP contribution in [0.5, 0.6) is 0 Å². The first kappa shape index (κ1) is 23.6. The number of aromatic nitrogens is 2. The quantitative estimate of drug-likeness (QED) is 0.715. The summed E-state index contributed by atoms with van der Waals surface area (Å²) < 4.78 is 1.80. The van der Waals surface area contributed by atoms with Crippen LogP contribution in [0.2, 0.25) is 0 Å². The Morgan fingerprint density at radius 3 is 2.54 bits per heavy atom. The SMILES string of the molecule is Cn1nc(C(=O)N2CCCC(C(=O)Nc3ccccc3)C2)c2c1CCN(C(=O)CC1CCCC1)C2. The molecule has 1 saturated heterocycles. The van der Waals surface area contributed by atoms with Gasteiger partial charge >= 0.3 is 0 Å². The number of rotatable bonds is 5. The number of benzene rings is 1. The Hall–Kier alpha value is -3.16. The molecule has 35 heavy (non-hydrogen) atoms. The van der Waals surface area contributed by atoms with Crippen LogP contribution >= 0.6 is 0 Å². The van der Waals surface area contributed by atoms with E-state index in [4.69, 9.17) is 0 Å². The van der Waals surface area contributed by atoms with Crippen molar-refractivity contribution >= 4 is 23.4 Å². The molecule has 3 aliphatic rings. The van der Waals surface area contributed by atoms with Crippen molar-refractivity contribution in [2.45, 2.75) is 57.9 Å². The summed E-state index contributed by atoms with van der Waals surface area (Å²) in [6, 6.07) is 9.41. The molecule has 8 heteroatoms. The summed E-state index contributed by atoms with van der Waals surface area (Å²) in [6.07, 6.45) is 7.61. The molecule has 1 aromatic heterocycles. The second-order valence-electron chi connectivity index (χ2n) is 10.3. The first-order valence-electron chi connectivity index (χ1n) is 13.0. The first-order valence-corrected chi connectivity index (χ1v) is 13.0. The van der Waals surface area contributed by atoms with E-state index in [1.54, 1.807) is 9.58 Å². The number of amides is 3. The van der Waals surface area contributed by atoms with Gasteiger partial charge < -0.3 is 15.1 Å². The van der Waals surface area contributed by atoms with E-state index in [0.29, 0.717) is 50.6 Å². The third-order valence-electron chi connectivity index (χ3n) is 7.86. The highest BCUT2D eigenvalue weighted by Gasteiger charge is 2.35. The number of carbonyl (C=O) groups excluding carboxylic acids is 3. The van der Waals surface area contributed by atoms with Crippen LogP contribution in [0.4, 0.5) is 5.69 Å². The normalized spacial score (nSPS) is 20.5. The van der Waals surface area contributed by atoms with E-state index in [9.17, 15) is 14.4 Å². The van der Waals surface area contributed by atoms with Gasteiger partial charge in [-0.05, 0) is 43.7 Å². The maximum Gasteiger partial charge on any atom is 0.274 e. The third-order valence-corrected chi connectivity index (χ3v) is 7.86. The predicted molar refractivity (Wildman–Crippen MR) is 133 cm³/mol. The van der Waals surface area contributed by atoms with E-state index < -0.39 is 0 Å². The van der Waals surface area contributed by atoms with Crippen LogP contribution in [0.1, 0.15) is 66.7 Å². The van der Waals surface area contributed by atoms with Gasteiger partial charge in [0.15, 0.2) is 5.69 Å². The molecule has 2 aromatic rings. The summed E-state index contributed by atoms with van der Waals surface area (Å²) in [7, 11) is 1.87. The van der Waals surface area contributed by atoms with Crippen molar-refractivity contribution in [2.24, 2.45) is 18.9 Å². The molecule has 0 radical (unpaired) electrons. The smallest absolute Gasteiger partial charge is 0.274 e. The predicted octanol–water partition coefficient (Wildman–Crippen LogP) is 3.38. The van der Waals surface area contributed by atoms with Crippen LogP contribution in [0.15, 0.2) is 30.3 Å².